The summed E-state index contributed by atoms with van der Waals surface area (Å²) in [7, 11) is -3.66. The Kier molecular flexibility index (Phi) is 3.49. The quantitative estimate of drug-likeness (QED) is 0.690. The molecule has 7 heteroatoms. The second kappa shape index (κ2) is 4.21. The maximum Gasteiger partial charge on any atom is 0.425 e. The zero-order valence-electron chi connectivity index (χ0n) is 10.1. The van der Waals surface area contributed by atoms with Gasteiger partial charge in [0.25, 0.3) is 0 Å². The van der Waals surface area contributed by atoms with Crippen LogP contribution in [-0.2, 0) is 14.9 Å². The van der Waals surface area contributed by atoms with Gasteiger partial charge >= 0.3 is 16.3 Å². The second-order valence-corrected chi connectivity index (χ2v) is 6.40. The number of likely N-dealkylation sites (N-methyl/N-ethyl adjacent to an activating group) is 1. The Hall–Kier alpha value is -0.820. The Morgan fingerprint density at radius 3 is 2.25 bits per heavy atom. The molecule has 1 heterocycles. The maximum absolute atomic E-state index is 11.8. The van der Waals surface area contributed by atoms with Crippen LogP contribution >= 0.6 is 0 Å². The fourth-order valence-electron chi connectivity index (χ4n) is 1.39. The standard InChI is InChI=1S/C9H18N2O4S/c1-5-10-6-7-11(16(10,13)14)8(12)15-9(2,3)4/h5-7H2,1-4H3. The lowest BCUT2D eigenvalue weighted by molar-refractivity contribution is 0.0405. The summed E-state index contributed by atoms with van der Waals surface area (Å²) in [4.78, 5) is 11.6. The summed E-state index contributed by atoms with van der Waals surface area (Å²) < 4.78 is 30.7. The van der Waals surface area contributed by atoms with E-state index in [0.29, 0.717) is 13.1 Å². The van der Waals surface area contributed by atoms with Gasteiger partial charge in [0.15, 0.2) is 0 Å². The number of hydrogen-bond acceptors (Lipinski definition) is 4. The summed E-state index contributed by atoms with van der Waals surface area (Å²) in [6, 6.07) is 0. The monoisotopic (exact) mass is 250 g/mol. The second-order valence-electron chi connectivity index (χ2n) is 4.55. The molecule has 0 N–H and O–H groups in total. The number of rotatable bonds is 1. The van der Waals surface area contributed by atoms with Crippen molar-refractivity contribution in [2.24, 2.45) is 0 Å². The van der Waals surface area contributed by atoms with Crippen LogP contribution in [-0.4, -0.2) is 48.4 Å². The van der Waals surface area contributed by atoms with Gasteiger partial charge in [-0.2, -0.15) is 17.0 Å². The number of carbonyl (C=O) groups is 1. The molecule has 1 aliphatic rings. The molecular weight excluding hydrogens is 232 g/mol. The van der Waals surface area contributed by atoms with E-state index >= 15 is 0 Å². The van der Waals surface area contributed by atoms with E-state index in [1.54, 1.807) is 27.7 Å². The Morgan fingerprint density at radius 2 is 1.88 bits per heavy atom. The highest BCUT2D eigenvalue weighted by molar-refractivity contribution is 7.87. The van der Waals surface area contributed by atoms with Crippen molar-refractivity contribution in [1.29, 1.82) is 0 Å². The van der Waals surface area contributed by atoms with Crippen molar-refractivity contribution in [2.45, 2.75) is 33.3 Å². The van der Waals surface area contributed by atoms with Crippen LogP contribution in [0.1, 0.15) is 27.7 Å². The number of nitrogens with zero attached hydrogens (tertiary/aromatic N) is 2. The van der Waals surface area contributed by atoms with E-state index < -0.39 is 21.9 Å². The number of hydrogen-bond donors (Lipinski definition) is 0. The molecule has 1 amide bonds. The van der Waals surface area contributed by atoms with E-state index in [2.05, 4.69) is 0 Å². The molecule has 16 heavy (non-hydrogen) atoms. The zero-order chi connectivity index (χ0) is 12.6. The molecule has 0 bridgehead atoms. The summed E-state index contributed by atoms with van der Waals surface area (Å²) in [6.07, 6.45) is -0.802. The maximum atomic E-state index is 11.8. The minimum atomic E-state index is -3.66. The Balaban J connectivity index is 2.81. The first-order chi connectivity index (χ1) is 7.18. The van der Waals surface area contributed by atoms with E-state index in [0.717, 1.165) is 4.31 Å². The minimum absolute atomic E-state index is 0.158. The number of carbonyl (C=O) groups excluding carboxylic acids is 1. The highest BCUT2D eigenvalue weighted by Gasteiger charge is 2.40. The summed E-state index contributed by atoms with van der Waals surface area (Å²) in [6.45, 7) is 7.68. The Labute approximate surface area is 96.3 Å². The molecule has 0 radical (unpaired) electrons. The molecule has 6 nitrogen and oxygen atoms in total. The largest absolute Gasteiger partial charge is 0.443 e. The molecule has 94 valence electrons. The molecule has 1 fully saturated rings. The van der Waals surface area contributed by atoms with Crippen LogP contribution in [0, 0.1) is 0 Å². The smallest absolute Gasteiger partial charge is 0.425 e. The number of amides is 1. The third-order valence-electron chi connectivity index (χ3n) is 2.11. The van der Waals surface area contributed by atoms with Crippen molar-refractivity contribution in [3.8, 4) is 0 Å². The zero-order valence-corrected chi connectivity index (χ0v) is 10.9. The average molecular weight is 250 g/mol. The van der Waals surface area contributed by atoms with Crippen LogP contribution < -0.4 is 0 Å². The van der Waals surface area contributed by atoms with Crippen molar-refractivity contribution in [1.82, 2.24) is 8.61 Å². The molecule has 1 aliphatic heterocycles. The molecule has 0 aromatic heterocycles. The summed E-state index contributed by atoms with van der Waals surface area (Å²) in [5, 5.41) is 0. The molecule has 0 aromatic rings. The van der Waals surface area contributed by atoms with Gasteiger partial charge in [0.05, 0.1) is 6.54 Å². The molecule has 0 atom stereocenters. The summed E-state index contributed by atoms with van der Waals surface area (Å²) in [5.74, 6) is 0. The molecule has 0 aromatic carbocycles. The lowest BCUT2D eigenvalue weighted by Crippen LogP contribution is -2.40. The van der Waals surface area contributed by atoms with Crippen LogP contribution in [0.15, 0.2) is 0 Å². The van der Waals surface area contributed by atoms with E-state index in [9.17, 15) is 13.2 Å². The van der Waals surface area contributed by atoms with Crippen molar-refractivity contribution >= 4 is 16.3 Å². The topological polar surface area (TPSA) is 66.9 Å². The van der Waals surface area contributed by atoms with Gasteiger partial charge in [0.1, 0.15) is 5.60 Å². The van der Waals surface area contributed by atoms with E-state index in [-0.39, 0.29) is 6.54 Å². The molecule has 0 spiro atoms. The third kappa shape index (κ3) is 2.65. The average Bonchev–Trinajstić information content (AvgIpc) is 2.36. The van der Waals surface area contributed by atoms with Gasteiger partial charge in [0, 0.05) is 13.1 Å². The van der Waals surface area contributed by atoms with Gasteiger partial charge in [-0.05, 0) is 20.8 Å². The molecule has 0 aliphatic carbocycles. The summed E-state index contributed by atoms with van der Waals surface area (Å²) in [5.41, 5.74) is -0.688. The SMILES string of the molecule is CCN1CCN(C(=O)OC(C)(C)C)S1(=O)=O. The van der Waals surface area contributed by atoms with E-state index in [1.807, 2.05) is 0 Å². The molecule has 0 unspecified atom stereocenters. The minimum Gasteiger partial charge on any atom is -0.443 e. The van der Waals surface area contributed by atoms with Crippen molar-refractivity contribution in [3.05, 3.63) is 0 Å². The van der Waals surface area contributed by atoms with Gasteiger partial charge < -0.3 is 4.74 Å². The highest BCUT2D eigenvalue weighted by Crippen LogP contribution is 2.19. The first kappa shape index (κ1) is 13.2. The fourth-order valence-corrected chi connectivity index (χ4v) is 2.85. The normalized spacial score (nSPS) is 21.1. The van der Waals surface area contributed by atoms with E-state index in [1.165, 1.54) is 4.31 Å². The van der Waals surface area contributed by atoms with Crippen LogP contribution in [0.4, 0.5) is 4.79 Å². The van der Waals surface area contributed by atoms with Crippen LogP contribution in [0.25, 0.3) is 0 Å². The Bertz CT molecular complexity index is 371. The predicted octanol–water partition coefficient (Wildman–Crippen LogP) is 0.804. The third-order valence-corrected chi connectivity index (χ3v) is 4.09. The van der Waals surface area contributed by atoms with Crippen molar-refractivity contribution < 1.29 is 17.9 Å². The molecule has 1 saturated heterocycles. The fraction of sp³-hybridized carbons (Fsp3) is 0.889. The first-order valence-electron chi connectivity index (χ1n) is 5.19. The van der Waals surface area contributed by atoms with Gasteiger partial charge in [0.2, 0.25) is 0 Å². The number of ether oxygens (including phenoxy) is 1. The van der Waals surface area contributed by atoms with Crippen molar-refractivity contribution in [2.75, 3.05) is 19.6 Å². The first-order valence-corrected chi connectivity index (χ1v) is 6.59. The lowest BCUT2D eigenvalue weighted by Gasteiger charge is -2.23. The van der Waals surface area contributed by atoms with Gasteiger partial charge in [-0.1, -0.05) is 6.92 Å². The molecular formula is C9H18N2O4S. The predicted molar refractivity (Wildman–Crippen MR) is 59.1 cm³/mol. The van der Waals surface area contributed by atoms with Gasteiger partial charge in [-0.3, -0.25) is 0 Å². The molecule has 1 rings (SSSR count). The van der Waals surface area contributed by atoms with Crippen LogP contribution in [0.5, 0.6) is 0 Å². The van der Waals surface area contributed by atoms with Gasteiger partial charge in [-0.25, -0.2) is 4.79 Å². The summed E-state index contributed by atoms with van der Waals surface area (Å²) >= 11 is 0. The Morgan fingerprint density at radius 1 is 1.31 bits per heavy atom. The highest BCUT2D eigenvalue weighted by atomic mass is 32.2. The molecule has 0 saturated carbocycles. The van der Waals surface area contributed by atoms with Gasteiger partial charge in [-0.15, -0.1) is 0 Å². The van der Waals surface area contributed by atoms with Crippen molar-refractivity contribution in [3.63, 3.8) is 0 Å². The van der Waals surface area contributed by atoms with E-state index in [4.69, 9.17) is 4.74 Å². The van der Waals surface area contributed by atoms with Crippen LogP contribution in [0.3, 0.4) is 0 Å². The lowest BCUT2D eigenvalue weighted by atomic mass is 10.2. The van der Waals surface area contributed by atoms with Crippen LogP contribution in [0.2, 0.25) is 0 Å².